The van der Waals surface area contributed by atoms with Crippen LogP contribution in [0, 0.1) is 5.92 Å². The van der Waals surface area contributed by atoms with Crippen LogP contribution in [0.25, 0.3) is 10.9 Å². The monoisotopic (exact) mass is 432 g/mol. The van der Waals surface area contributed by atoms with Gasteiger partial charge < -0.3 is 20.9 Å². The van der Waals surface area contributed by atoms with Crippen LogP contribution >= 0.6 is 0 Å². The van der Waals surface area contributed by atoms with Gasteiger partial charge >= 0.3 is 0 Å². The SMILES string of the molecule is CN(C)c1nc(NC2CCC(CNC(=O)CNc3ccccc3)CC2)nc2ccccc12. The molecular formula is C25H32N6O. The Labute approximate surface area is 189 Å². The average molecular weight is 433 g/mol. The number of carbonyl (C=O) groups excluding carboxylic acids is 1. The van der Waals surface area contributed by atoms with Gasteiger partial charge in [-0.25, -0.2) is 4.98 Å². The van der Waals surface area contributed by atoms with Gasteiger partial charge in [0.15, 0.2) is 0 Å². The standard InChI is InChI=1S/C25H32N6O/c1-31(2)24-21-10-6-7-11-22(21)29-25(30-24)28-20-14-12-18(13-15-20)16-27-23(32)17-26-19-8-4-3-5-9-19/h3-11,18,20,26H,12-17H2,1-2H3,(H,27,32)(H,28,29,30). The van der Waals surface area contributed by atoms with E-state index in [1.54, 1.807) is 0 Å². The van der Waals surface area contributed by atoms with Crippen LogP contribution in [0.2, 0.25) is 0 Å². The summed E-state index contributed by atoms with van der Waals surface area (Å²) in [4.78, 5) is 23.7. The number of fused-ring (bicyclic) bond motifs is 1. The lowest BCUT2D eigenvalue weighted by atomic mass is 9.86. The number of hydrogen-bond acceptors (Lipinski definition) is 6. The molecule has 0 saturated heterocycles. The largest absolute Gasteiger partial charge is 0.376 e. The molecular weight excluding hydrogens is 400 g/mol. The Morgan fingerprint density at radius 1 is 0.969 bits per heavy atom. The summed E-state index contributed by atoms with van der Waals surface area (Å²) in [6, 6.07) is 18.3. The van der Waals surface area contributed by atoms with Crippen molar-refractivity contribution < 1.29 is 4.79 Å². The summed E-state index contributed by atoms with van der Waals surface area (Å²) in [5.74, 6) is 2.17. The number of aromatic nitrogens is 2. The van der Waals surface area contributed by atoms with Crippen LogP contribution in [0.4, 0.5) is 17.5 Å². The number of hydrogen-bond donors (Lipinski definition) is 3. The summed E-state index contributed by atoms with van der Waals surface area (Å²) in [7, 11) is 4.01. The van der Waals surface area contributed by atoms with Crippen molar-refractivity contribution in [3.05, 3.63) is 54.6 Å². The van der Waals surface area contributed by atoms with Crippen LogP contribution < -0.4 is 20.9 Å². The van der Waals surface area contributed by atoms with Crippen LogP contribution in [-0.2, 0) is 4.79 Å². The quantitative estimate of drug-likeness (QED) is 0.501. The lowest BCUT2D eigenvalue weighted by Gasteiger charge is -2.29. The first-order valence-electron chi connectivity index (χ1n) is 11.3. The van der Waals surface area contributed by atoms with Crippen LogP contribution in [0.5, 0.6) is 0 Å². The molecule has 0 atom stereocenters. The van der Waals surface area contributed by atoms with Crippen LogP contribution in [0.1, 0.15) is 25.7 Å². The molecule has 0 unspecified atom stereocenters. The van der Waals surface area contributed by atoms with Gasteiger partial charge in [0.2, 0.25) is 11.9 Å². The average Bonchev–Trinajstić information content (AvgIpc) is 2.82. The Bertz CT molecular complexity index is 1030. The van der Waals surface area contributed by atoms with Gasteiger partial charge in [0.25, 0.3) is 0 Å². The summed E-state index contributed by atoms with van der Waals surface area (Å²) >= 11 is 0. The lowest BCUT2D eigenvalue weighted by molar-refractivity contribution is -0.119. The van der Waals surface area contributed by atoms with Crippen LogP contribution in [-0.4, -0.2) is 49.1 Å². The van der Waals surface area contributed by atoms with Crippen molar-refractivity contribution in [3.8, 4) is 0 Å². The van der Waals surface area contributed by atoms with E-state index in [0.717, 1.165) is 54.6 Å². The summed E-state index contributed by atoms with van der Waals surface area (Å²) in [6.45, 7) is 1.04. The number of para-hydroxylation sites is 2. The zero-order chi connectivity index (χ0) is 22.3. The first-order valence-corrected chi connectivity index (χ1v) is 11.3. The number of nitrogens with zero attached hydrogens (tertiary/aromatic N) is 3. The number of anilines is 3. The van der Waals surface area contributed by atoms with Crippen molar-refractivity contribution >= 4 is 34.3 Å². The maximum atomic E-state index is 12.2. The fourth-order valence-electron chi connectivity index (χ4n) is 4.22. The van der Waals surface area contributed by atoms with E-state index in [-0.39, 0.29) is 5.91 Å². The fraction of sp³-hybridized carbons (Fsp3) is 0.400. The second kappa shape index (κ2) is 10.3. The van der Waals surface area contributed by atoms with Crippen molar-refractivity contribution in [2.75, 3.05) is 42.7 Å². The Morgan fingerprint density at radius 3 is 2.44 bits per heavy atom. The zero-order valence-corrected chi connectivity index (χ0v) is 18.8. The summed E-state index contributed by atoms with van der Waals surface area (Å²) in [6.07, 6.45) is 4.27. The van der Waals surface area contributed by atoms with Crippen LogP contribution in [0.3, 0.4) is 0 Å². The molecule has 2 aromatic carbocycles. The Balaban J connectivity index is 1.24. The molecule has 7 heteroatoms. The van der Waals surface area contributed by atoms with Crippen molar-refractivity contribution in [1.29, 1.82) is 0 Å². The second-order valence-electron chi connectivity index (χ2n) is 8.67. The highest BCUT2D eigenvalue weighted by molar-refractivity contribution is 5.90. The van der Waals surface area contributed by atoms with E-state index in [1.165, 1.54) is 0 Å². The second-order valence-corrected chi connectivity index (χ2v) is 8.67. The molecule has 1 amide bonds. The van der Waals surface area contributed by atoms with Gasteiger partial charge in [0, 0.05) is 37.8 Å². The molecule has 1 aliphatic carbocycles. The fourth-order valence-corrected chi connectivity index (χ4v) is 4.22. The maximum Gasteiger partial charge on any atom is 0.239 e. The Hall–Kier alpha value is -3.35. The van der Waals surface area contributed by atoms with E-state index in [9.17, 15) is 4.79 Å². The molecule has 7 nitrogen and oxygen atoms in total. The predicted octanol–water partition coefficient (Wildman–Crippen LogP) is 3.89. The van der Waals surface area contributed by atoms with E-state index in [0.29, 0.717) is 24.5 Å². The minimum Gasteiger partial charge on any atom is -0.376 e. The molecule has 168 valence electrons. The third kappa shape index (κ3) is 5.66. The molecule has 32 heavy (non-hydrogen) atoms. The van der Waals surface area contributed by atoms with Gasteiger partial charge in [0.1, 0.15) is 5.82 Å². The summed E-state index contributed by atoms with van der Waals surface area (Å²) in [5.41, 5.74) is 1.91. The van der Waals surface area contributed by atoms with Gasteiger partial charge in [-0.15, -0.1) is 0 Å². The molecule has 1 aliphatic rings. The van der Waals surface area contributed by atoms with Gasteiger partial charge in [-0.05, 0) is 55.9 Å². The Morgan fingerprint density at radius 2 is 1.69 bits per heavy atom. The molecule has 0 aliphatic heterocycles. The van der Waals surface area contributed by atoms with E-state index in [4.69, 9.17) is 9.97 Å². The van der Waals surface area contributed by atoms with Crippen molar-refractivity contribution in [3.63, 3.8) is 0 Å². The van der Waals surface area contributed by atoms with Crippen molar-refractivity contribution in [2.45, 2.75) is 31.7 Å². The topological polar surface area (TPSA) is 82.2 Å². The molecule has 3 aromatic rings. The molecule has 1 heterocycles. The van der Waals surface area contributed by atoms with Crippen LogP contribution in [0.15, 0.2) is 54.6 Å². The van der Waals surface area contributed by atoms with Gasteiger partial charge in [-0.2, -0.15) is 4.98 Å². The Kier molecular flexibility index (Phi) is 7.04. The smallest absolute Gasteiger partial charge is 0.239 e. The highest BCUT2D eigenvalue weighted by atomic mass is 16.1. The molecule has 3 N–H and O–H groups in total. The number of nitrogens with one attached hydrogen (secondary N) is 3. The predicted molar refractivity (Wildman–Crippen MR) is 131 cm³/mol. The number of carbonyl (C=O) groups is 1. The molecule has 1 aromatic heterocycles. The lowest BCUT2D eigenvalue weighted by Crippen LogP contribution is -2.36. The molecule has 0 bridgehead atoms. The summed E-state index contributed by atoms with van der Waals surface area (Å²) < 4.78 is 0. The third-order valence-corrected chi connectivity index (χ3v) is 6.00. The zero-order valence-electron chi connectivity index (χ0n) is 18.8. The van der Waals surface area contributed by atoms with E-state index in [2.05, 4.69) is 22.0 Å². The number of benzene rings is 2. The third-order valence-electron chi connectivity index (χ3n) is 6.00. The first-order chi connectivity index (χ1) is 15.6. The van der Waals surface area contributed by atoms with Gasteiger partial charge in [0.05, 0.1) is 12.1 Å². The first kappa shape index (κ1) is 21.9. The molecule has 0 spiro atoms. The number of rotatable bonds is 8. The summed E-state index contributed by atoms with van der Waals surface area (Å²) in [5, 5.41) is 10.8. The highest BCUT2D eigenvalue weighted by Crippen LogP contribution is 2.28. The van der Waals surface area contributed by atoms with Gasteiger partial charge in [-0.1, -0.05) is 30.3 Å². The van der Waals surface area contributed by atoms with E-state index >= 15 is 0 Å². The normalized spacial score (nSPS) is 18.2. The maximum absolute atomic E-state index is 12.2. The molecule has 1 fully saturated rings. The molecule has 4 rings (SSSR count). The van der Waals surface area contributed by atoms with E-state index in [1.807, 2.05) is 67.5 Å². The minimum absolute atomic E-state index is 0.0369. The minimum atomic E-state index is 0.0369. The molecule has 0 radical (unpaired) electrons. The molecule has 1 saturated carbocycles. The van der Waals surface area contributed by atoms with E-state index < -0.39 is 0 Å². The van der Waals surface area contributed by atoms with Crippen molar-refractivity contribution in [1.82, 2.24) is 15.3 Å². The van der Waals surface area contributed by atoms with Crippen molar-refractivity contribution in [2.24, 2.45) is 5.92 Å². The van der Waals surface area contributed by atoms with Gasteiger partial charge in [-0.3, -0.25) is 4.79 Å². The highest BCUT2D eigenvalue weighted by Gasteiger charge is 2.22. The number of amides is 1.